The van der Waals surface area contributed by atoms with Crippen molar-refractivity contribution in [2.45, 2.75) is 136 Å². The summed E-state index contributed by atoms with van der Waals surface area (Å²) >= 11 is 2.27. The summed E-state index contributed by atoms with van der Waals surface area (Å²) in [6.07, 6.45) is 9.97. The Labute approximate surface area is 220 Å². The van der Waals surface area contributed by atoms with Gasteiger partial charge in [0.15, 0.2) is 5.79 Å². The third-order valence-corrected chi connectivity index (χ3v) is 13.7. The van der Waals surface area contributed by atoms with Gasteiger partial charge in [-0.3, -0.25) is 0 Å². The number of aliphatic hydroxyl groups excluding tert-OH is 1. The quantitative estimate of drug-likeness (QED) is 0.404. The van der Waals surface area contributed by atoms with Crippen LogP contribution in [0.3, 0.4) is 0 Å². The van der Waals surface area contributed by atoms with Gasteiger partial charge < -0.3 is 14.6 Å². The van der Waals surface area contributed by atoms with Crippen molar-refractivity contribution in [3.05, 3.63) is 0 Å². The second-order valence-electron chi connectivity index (χ2n) is 14.6. The SMILES string of the molecule is CC[C@H](CS[C@@H](C)[C@H]1CC[C@H]2[C@@H]3[C@H]4OC(C)(C)O[C@@H]4[C@H]4C[C@@H](O)CC[C@]4(C)[C@H]3CC[C@]12C)C(C)C. The zero-order valence-electron chi connectivity index (χ0n) is 23.9. The van der Waals surface area contributed by atoms with Gasteiger partial charge in [-0.15, -0.1) is 0 Å². The Bertz CT molecular complexity index is 768. The lowest BCUT2D eigenvalue weighted by atomic mass is 9.43. The first-order valence-electron chi connectivity index (χ1n) is 15.1. The molecule has 5 fully saturated rings. The van der Waals surface area contributed by atoms with Crippen LogP contribution in [-0.2, 0) is 9.47 Å². The number of thioether (sulfide) groups is 1. The molecule has 0 aromatic carbocycles. The molecule has 202 valence electrons. The van der Waals surface area contributed by atoms with Crippen LogP contribution in [0.1, 0.15) is 107 Å². The van der Waals surface area contributed by atoms with E-state index in [9.17, 15) is 5.11 Å². The van der Waals surface area contributed by atoms with E-state index in [0.717, 1.165) is 48.2 Å². The number of fused-ring (bicyclic) bond motifs is 8. The molecule has 1 aliphatic heterocycles. The minimum absolute atomic E-state index is 0.149. The summed E-state index contributed by atoms with van der Waals surface area (Å²) in [6.45, 7) is 19.2. The summed E-state index contributed by atoms with van der Waals surface area (Å²) in [7, 11) is 0. The van der Waals surface area contributed by atoms with Crippen molar-refractivity contribution in [2.24, 2.45) is 52.3 Å². The highest BCUT2D eigenvalue weighted by Gasteiger charge is 2.68. The second kappa shape index (κ2) is 9.45. The number of rotatable bonds is 6. The predicted molar refractivity (Wildman–Crippen MR) is 146 cm³/mol. The van der Waals surface area contributed by atoms with Crippen molar-refractivity contribution in [3.8, 4) is 0 Å². The summed E-state index contributed by atoms with van der Waals surface area (Å²) in [5, 5.41) is 11.4. The molecule has 35 heavy (non-hydrogen) atoms. The Balaban J connectivity index is 1.40. The summed E-state index contributed by atoms with van der Waals surface area (Å²) in [4.78, 5) is 0. The molecule has 3 nitrogen and oxygen atoms in total. The Kier molecular flexibility index (Phi) is 7.25. The van der Waals surface area contributed by atoms with Crippen LogP contribution >= 0.6 is 11.8 Å². The van der Waals surface area contributed by atoms with Crippen molar-refractivity contribution >= 4 is 11.8 Å². The number of aliphatic hydroxyl groups is 1. The van der Waals surface area contributed by atoms with Gasteiger partial charge in [-0.25, -0.2) is 0 Å². The maximum Gasteiger partial charge on any atom is 0.163 e. The van der Waals surface area contributed by atoms with E-state index in [-0.39, 0.29) is 23.7 Å². The first-order chi connectivity index (χ1) is 16.4. The summed E-state index contributed by atoms with van der Waals surface area (Å²) < 4.78 is 13.5. The number of hydrogen-bond acceptors (Lipinski definition) is 4. The van der Waals surface area contributed by atoms with E-state index < -0.39 is 5.79 Å². The molecule has 5 rings (SSSR count). The lowest BCUT2D eigenvalue weighted by Crippen LogP contribution is -2.63. The fourth-order valence-corrected chi connectivity index (χ4v) is 12.0. The first-order valence-corrected chi connectivity index (χ1v) is 16.1. The van der Waals surface area contributed by atoms with Gasteiger partial charge in [0.25, 0.3) is 0 Å². The summed E-state index contributed by atoms with van der Waals surface area (Å²) in [5.41, 5.74) is 0.700. The summed E-state index contributed by atoms with van der Waals surface area (Å²) in [6, 6.07) is 0. The van der Waals surface area contributed by atoms with E-state index in [2.05, 4.69) is 67.2 Å². The minimum Gasteiger partial charge on any atom is -0.393 e. The standard InChI is InChI=1S/C31H54O3S/c1-9-20(18(2)3)17-35-19(4)22-10-11-23-26-24(13-15-30(22,23)7)31(8)14-12-21(32)16-25(31)27-28(26)34-29(5,6)33-27/h18-28,32H,9-17H2,1-8H3/t19-,20+,21-,22+,23-,24-,25+,26-,27+,28+,30+,31+/m0/s1. The molecule has 4 aliphatic carbocycles. The van der Waals surface area contributed by atoms with E-state index in [1.807, 2.05) is 0 Å². The largest absolute Gasteiger partial charge is 0.393 e. The van der Waals surface area contributed by atoms with Gasteiger partial charge in [0.05, 0.1) is 18.3 Å². The maximum atomic E-state index is 10.6. The maximum absolute atomic E-state index is 10.6. The molecule has 1 N–H and O–H groups in total. The highest BCUT2D eigenvalue weighted by molar-refractivity contribution is 7.99. The molecular formula is C31H54O3S. The molecule has 0 aromatic heterocycles. The lowest BCUT2D eigenvalue weighted by Gasteiger charge is -2.63. The topological polar surface area (TPSA) is 38.7 Å². The third kappa shape index (κ3) is 4.37. The van der Waals surface area contributed by atoms with E-state index >= 15 is 0 Å². The van der Waals surface area contributed by atoms with Crippen LogP contribution in [0.25, 0.3) is 0 Å². The van der Waals surface area contributed by atoms with Crippen LogP contribution in [0.4, 0.5) is 0 Å². The zero-order chi connectivity index (χ0) is 25.3. The fraction of sp³-hybridized carbons (Fsp3) is 1.00. The number of ether oxygens (including phenoxy) is 2. The molecular weight excluding hydrogens is 452 g/mol. The molecule has 5 aliphatic rings. The van der Waals surface area contributed by atoms with Crippen molar-refractivity contribution in [2.75, 3.05) is 5.75 Å². The molecule has 0 unspecified atom stereocenters. The molecule has 0 amide bonds. The average Bonchev–Trinajstić information content (AvgIpc) is 3.30. The molecule has 0 aromatic rings. The van der Waals surface area contributed by atoms with E-state index in [1.165, 1.54) is 37.9 Å². The van der Waals surface area contributed by atoms with Gasteiger partial charge >= 0.3 is 0 Å². The molecule has 0 radical (unpaired) electrons. The molecule has 0 bridgehead atoms. The highest BCUT2D eigenvalue weighted by Crippen LogP contribution is 2.70. The Morgan fingerprint density at radius 2 is 1.51 bits per heavy atom. The van der Waals surface area contributed by atoms with Gasteiger partial charge in [0.1, 0.15) is 0 Å². The lowest BCUT2D eigenvalue weighted by molar-refractivity contribution is -0.188. The van der Waals surface area contributed by atoms with Crippen molar-refractivity contribution in [3.63, 3.8) is 0 Å². The van der Waals surface area contributed by atoms with Crippen LogP contribution in [0.2, 0.25) is 0 Å². The first kappa shape index (κ1) is 26.8. The van der Waals surface area contributed by atoms with Gasteiger partial charge in [-0.2, -0.15) is 11.8 Å². The molecule has 12 atom stereocenters. The Morgan fingerprint density at radius 3 is 2.20 bits per heavy atom. The van der Waals surface area contributed by atoms with Crippen molar-refractivity contribution in [1.82, 2.24) is 0 Å². The highest BCUT2D eigenvalue weighted by atomic mass is 32.2. The zero-order valence-corrected chi connectivity index (χ0v) is 24.7. The Hall–Kier alpha value is 0.230. The molecule has 4 saturated carbocycles. The molecule has 0 spiro atoms. The van der Waals surface area contributed by atoms with Crippen LogP contribution in [0, 0.1) is 52.3 Å². The monoisotopic (exact) mass is 506 g/mol. The van der Waals surface area contributed by atoms with E-state index in [0.29, 0.717) is 23.2 Å². The van der Waals surface area contributed by atoms with Gasteiger partial charge in [0.2, 0.25) is 0 Å². The van der Waals surface area contributed by atoms with E-state index in [4.69, 9.17) is 9.47 Å². The minimum atomic E-state index is -0.505. The van der Waals surface area contributed by atoms with Crippen molar-refractivity contribution < 1.29 is 14.6 Å². The van der Waals surface area contributed by atoms with Crippen LogP contribution < -0.4 is 0 Å². The van der Waals surface area contributed by atoms with Gasteiger partial charge in [-0.1, -0.05) is 48.0 Å². The average molecular weight is 507 g/mol. The number of hydrogen-bond donors (Lipinski definition) is 1. The molecule has 1 saturated heterocycles. The van der Waals surface area contributed by atoms with Crippen LogP contribution in [-0.4, -0.2) is 40.2 Å². The second-order valence-corrected chi connectivity index (χ2v) is 16.0. The van der Waals surface area contributed by atoms with E-state index in [1.54, 1.807) is 0 Å². The molecule has 4 heteroatoms. The fourth-order valence-electron chi connectivity index (χ4n) is 10.1. The normalized spacial score (nSPS) is 50.2. The third-order valence-electron chi connectivity index (χ3n) is 12.2. The molecule has 1 heterocycles. The van der Waals surface area contributed by atoms with Gasteiger partial charge in [-0.05, 0) is 117 Å². The summed E-state index contributed by atoms with van der Waals surface area (Å²) in [5.74, 6) is 5.75. The predicted octanol–water partition coefficient (Wildman–Crippen LogP) is 7.55. The van der Waals surface area contributed by atoms with Crippen LogP contribution in [0.15, 0.2) is 0 Å². The Morgan fingerprint density at radius 1 is 0.857 bits per heavy atom. The smallest absolute Gasteiger partial charge is 0.163 e. The van der Waals surface area contributed by atoms with Crippen LogP contribution in [0.5, 0.6) is 0 Å². The van der Waals surface area contributed by atoms with Crippen molar-refractivity contribution in [1.29, 1.82) is 0 Å². The van der Waals surface area contributed by atoms with Gasteiger partial charge in [0, 0.05) is 5.25 Å².